The molecule has 0 spiro atoms. The number of nitrogens with one attached hydrogen (secondary N) is 1. The third-order valence-corrected chi connectivity index (χ3v) is 5.56. The first-order valence-corrected chi connectivity index (χ1v) is 10.0. The summed E-state index contributed by atoms with van der Waals surface area (Å²) in [6, 6.07) is 22.5. The number of aliphatic carboxylic acids is 1. The monoisotopic (exact) mass is 428 g/mol. The SMILES string of the molecule is N#Cc1cccc([C@H](NC(=O)OCC2c3ccccc3-c3ccccc32)[C@H](O)C(=O)O)c1. The zero-order chi connectivity index (χ0) is 22.7. The number of carbonyl (C=O) groups is 2. The predicted molar refractivity (Wildman–Crippen MR) is 116 cm³/mol. The highest BCUT2D eigenvalue weighted by molar-refractivity contribution is 5.79. The third-order valence-electron chi connectivity index (χ3n) is 5.56. The van der Waals surface area contributed by atoms with Gasteiger partial charge in [-0.25, -0.2) is 9.59 Å². The molecule has 32 heavy (non-hydrogen) atoms. The molecule has 0 saturated heterocycles. The number of carboxylic acid groups (broad SMARTS) is 1. The van der Waals surface area contributed by atoms with Crippen LogP contribution >= 0.6 is 0 Å². The number of aliphatic hydroxyl groups is 1. The number of benzene rings is 3. The lowest BCUT2D eigenvalue weighted by Crippen LogP contribution is -2.40. The largest absolute Gasteiger partial charge is 0.479 e. The van der Waals surface area contributed by atoms with E-state index in [-0.39, 0.29) is 23.7 Å². The van der Waals surface area contributed by atoms with Crippen LogP contribution in [-0.4, -0.2) is 35.0 Å². The molecule has 1 aliphatic rings. The van der Waals surface area contributed by atoms with Crippen molar-refractivity contribution in [1.82, 2.24) is 5.32 Å². The molecular formula is C25H20N2O5. The molecule has 2 atom stereocenters. The molecule has 0 aromatic heterocycles. The molecule has 0 saturated carbocycles. The van der Waals surface area contributed by atoms with Gasteiger partial charge in [0.2, 0.25) is 0 Å². The molecule has 0 bridgehead atoms. The van der Waals surface area contributed by atoms with Gasteiger partial charge in [0, 0.05) is 5.92 Å². The number of nitriles is 1. The molecule has 3 N–H and O–H groups in total. The normalized spacial score (nSPS) is 13.9. The lowest BCUT2D eigenvalue weighted by molar-refractivity contribution is -0.148. The minimum Gasteiger partial charge on any atom is -0.479 e. The fraction of sp³-hybridized carbons (Fsp3) is 0.160. The summed E-state index contributed by atoms with van der Waals surface area (Å²) in [6.45, 7) is 0.0496. The maximum Gasteiger partial charge on any atom is 0.407 e. The highest BCUT2D eigenvalue weighted by Crippen LogP contribution is 2.44. The molecule has 0 unspecified atom stereocenters. The number of nitrogens with zero attached hydrogens (tertiary/aromatic N) is 1. The number of hydrogen-bond acceptors (Lipinski definition) is 5. The van der Waals surface area contributed by atoms with E-state index in [1.807, 2.05) is 54.6 Å². The van der Waals surface area contributed by atoms with Crippen molar-refractivity contribution >= 4 is 12.1 Å². The zero-order valence-corrected chi connectivity index (χ0v) is 16.9. The fourth-order valence-corrected chi connectivity index (χ4v) is 4.06. The predicted octanol–water partition coefficient (Wildman–Crippen LogP) is 3.58. The van der Waals surface area contributed by atoms with Crippen molar-refractivity contribution in [2.24, 2.45) is 0 Å². The number of carboxylic acids is 1. The molecule has 160 valence electrons. The molecule has 3 aromatic rings. The Morgan fingerprint density at radius 1 is 1.00 bits per heavy atom. The van der Waals surface area contributed by atoms with E-state index >= 15 is 0 Å². The third kappa shape index (κ3) is 4.04. The second kappa shape index (κ2) is 8.92. The second-order valence-corrected chi connectivity index (χ2v) is 7.47. The van der Waals surface area contributed by atoms with Crippen molar-refractivity contribution in [3.05, 3.63) is 95.1 Å². The van der Waals surface area contributed by atoms with Gasteiger partial charge >= 0.3 is 12.1 Å². The highest BCUT2D eigenvalue weighted by Gasteiger charge is 2.32. The minimum absolute atomic E-state index is 0.0496. The Labute approximate surface area is 184 Å². The number of carbonyl (C=O) groups excluding carboxylic acids is 1. The molecule has 4 rings (SSSR count). The maximum atomic E-state index is 12.6. The fourth-order valence-electron chi connectivity index (χ4n) is 4.06. The summed E-state index contributed by atoms with van der Waals surface area (Å²) >= 11 is 0. The standard InChI is InChI=1S/C25H20N2O5/c26-13-15-6-5-7-16(12-15)22(23(28)24(29)30)27-25(31)32-14-21-19-10-3-1-8-17(19)18-9-2-4-11-20(18)21/h1-12,21-23,28H,14H2,(H,27,31)(H,29,30)/t22-,23-/m0/s1. The van der Waals surface area contributed by atoms with E-state index in [2.05, 4.69) is 5.32 Å². The van der Waals surface area contributed by atoms with Gasteiger partial charge in [-0.15, -0.1) is 0 Å². The summed E-state index contributed by atoms with van der Waals surface area (Å²) < 4.78 is 5.46. The number of rotatable bonds is 6. The van der Waals surface area contributed by atoms with E-state index in [0.29, 0.717) is 0 Å². The van der Waals surface area contributed by atoms with Crippen molar-refractivity contribution in [2.45, 2.75) is 18.1 Å². The molecular weight excluding hydrogens is 408 g/mol. The van der Waals surface area contributed by atoms with Crippen LogP contribution in [-0.2, 0) is 9.53 Å². The Morgan fingerprint density at radius 3 is 2.22 bits per heavy atom. The first-order chi connectivity index (χ1) is 15.5. The van der Waals surface area contributed by atoms with Gasteiger partial charge in [-0.2, -0.15) is 5.26 Å². The van der Waals surface area contributed by atoms with Crippen molar-refractivity contribution in [3.8, 4) is 17.2 Å². The van der Waals surface area contributed by atoms with E-state index in [4.69, 9.17) is 10.00 Å². The first kappa shape index (κ1) is 21.1. The van der Waals surface area contributed by atoms with Crippen LogP contribution in [0.25, 0.3) is 11.1 Å². The van der Waals surface area contributed by atoms with Crippen molar-refractivity contribution in [2.75, 3.05) is 6.61 Å². The molecule has 7 nitrogen and oxygen atoms in total. The van der Waals surface area contributed by atoms with E-state index in [1.54, 1.807) is 12.1 Å². The van der Waals surface area contributed by atoms with Crippen molar-refractivity contribution in [3.63, 3.8) is 0 Å². The van der Waals surface area contributed by atoms with Crippen LogP contribution in [0.15, 0.2) is 72.8 Å². The number of ether oxygens (including phenoxy) is 1. The summed E-state index contributed by atoms with van der Waals surface area (Å²) in [5, 5.41) is 30.9. The molecule has 3 aromatic carbocycles. The summed E-state index contributed by atoms with van der Waals surface area (Å²) in [4.78, 5) is 24.0. The lowest BCUT2D eigenvalue weighted by Gasteiger charge is -2.22. The van der Waals surface area contributed by atoms with Gasteiger partial charge in [-0.1, -0.05) is 60.7 Å². The van der Waals surface area contributed by atoms with Crippen molar-refractivity contribution in [1.29, 1.82) is 5.26 Å². The quantitative estimate of drug-likeness (QED) is 0.552. The lowest BCUT2D eigenvalue weighted by atomic mass is 9.98. The van der Waals surface area contributed by atoms with E-state index in [9.17, 15) is 19.8 Å². The summed E-state index contributed by atoms with van der Waals surface area (Å²) in [7, 11) is 0. The van der Waals surface area contributed by atoms with Gasteiger partial charge < -0.3 is 20.3 Å². The molecule has 0 heterocycles. The summed E-state index contributed by atoms with van der Waals surface area (Å²) in [6.07, 6.45) is -2.77. The van der Waals surface area contributed by atoms with Crippen LogP contribution in [0.2, 0.25) is 0 Å². The van der Waals surface area contributed by atoms with Gasteiger partial charge in [0.1, 0.15) is 6.61 Å². The molecule has 7 heteroatoms. The number of aliphatic hydroxyl groups excluding tert-OH is 1. The number of hydrogen-bond donors (Lipinski definition) is 3. The average Bonchev–Trinajstić information content (AvgIpc) is 3.14. The van der Waals surface area contributed by atoms with Crippen molar-refractivity contribution < 1.29 is 24.5 Å². The summed E-state index contributed by atoms with van der Waals surface area (Å²) in [5.74, 6) is -1.66. The minimum atomic E-state index is -1.91. The maximum absolute atomic E-state index is 12.6. The Balaban J connectivity index is 1.52. The van der Waals surface area contributed by atoms with Gasteiger partial charge in [-0.3, -0.25) is 0 Å². The van der Waals surface area contributed by atoms with Gasteiger partial charge in [0.15, 0.2) is 6.10 Å². The zero-order valence-electron chi connectivity index (χ0n) is 16.9. The second-order valence-electron chi connectivity index (χ2n) is 7.47. The van der Waals surface area contributed by atoms with E-state index < -0.39 is 24.2 Å². The van der Waals surface area contributed by atoms with Crippen LogP contribution in [0.4, 0.5) is 4.79 Å². The van der Waals surface area contributed by atoms with Gasteiger partial charge in [0.25, 0.3) is 0 Å². The van der Waals surface area contributed by atoms with E-state index in [1.165, 1.54) is 12.1 Å². The molecule has 1 aliphatic carbocycles. The van der Waals surface area contributed by atoms with Crippen LogP contribution in [0, 0.1) is 11.3 Å². The number of fused-ring (bicyclic) bond motifs is 3. The van der Waals surface area contributed by atoms with Crippen LogP contribution in [0.1, 0.15) is 34.2 Å². The smallest absolute Gasteiger partial charge is 0.407 e. The first-order valence-electron chi connectivity index (χ1n) is 10.0. The summed E-state index contributed by atoms with van der Waals surface area (Å²) in [5.41, 5.74) is 4.83. The topological polar surface area (TPSA) is 120 Å². The Bertz CT molecular complexity index is 1170. The average molecular weight is 428 g/mol. The number of amides is 1. The highest BCUT2D eigenvalue weighted by atomic mass is 16.5. The van der Waals surface area contributed by atoms with Gasteiger partial charge in [-0.05, 0) is 39.9 Å². The van der Waals surface area contributed by atoms with Crippen LogP contribution in [0.3, 0.4) is 0 Å². The Kier molecular flexibility index (Phi) is 5.88. The molecule has 0 aliphatic heterocycles. The van der Waals surface area contributed by atoms with Crippen LogP contribution < -0.4 is 5.32 Å². The van der Waals surface area contributed by atoms with E-state index in [0.717, 1.165) is 22.3 Å². The Morgan fingerprint density at radius 2 is 1.62 bits per heavy atom. The Hall–Kier alpha value is -4.15. The number of alkyl carbamates (subject to hydrolysis) is 1. The van der Waals surface area contributed by atoms with Crippen LogP contribution in [0.5, 0.6) is 0 Å². The van der Waals surface area contributed by atoms with Gasteiger partial charge in [0.05, 0.1) is 17.7 Å². The molecule has 0 fully saturated rings. The molecule has 1 amide bonds. The molecule has 0 radical (unpaired) electrons.